The van der Waals surface area contributed by atoms with E-state index in [1.54, 1.807) is 12.1 Å². The lowest BCUT2D eigenvalue weighted by atomic mass is 10.1. The van der Waals surface area contributed by atoms with Crippen molar-refractivity contribution in [2.45, 2.75) is 25.8 Å². The Morgan fingerprint density at radius 2 is 2.12 bits per heavy atom. The third-order valence-corrected chi connectivity index (χ3v) is 3.05. The summed E-state index contributed by atoms with van der Waals surface area (Å²) in [6.07, 6.45) is 2.01. The predicted molar refractivity (Wildman–Crippen MR) is 67.3 cm³/mol. The average Bonchev–Trinajstić information content (AvgIpc) is 2.30. The molecule has 2 rings (SSSR count). The Kier molecular flexibility index (Phi) is 3.58. The van der Waals surface area contributed by atoms with Crippen LogP contribution in [0.3, 0.4) is 0 Å². The zero-order valence-corrected chi connectivity index (χ0v) is 9.90. The van der Waals surface area contributed by atoms with E-state index in [1.807, 2.05) is 13.0 Å². The second kappa shape index (κ2) is 5.14. The van der Waals surface area contributed by atoms with Gasteiger partial charge in [-0.15, -0.1) is 0 Å². The molecule has 1 aliphatic heterocycles. The molecule has 0 radical (unpaired) electrons. The van der Waals surface area contributed by atoms with Gasteiger partial charge in [-0.3, -0.25) is 10.1 Å². The van der Waals surface area contributed by atoms with Crippen molar-refractivity contribution in [3.05, 3.63) is 33.9 Å². The van der Waals surface area contributed by atoms with Gasteiger partial charge < -0.3 is 10.6 Å². The lowest BCUT2D eigenvalue weighted by Gasteiger charge is -2.24. The van der Waals surface area contributed by atoms with Gasteiger partial charge in [0.1, 0.15) is 5.69 Å². The van der Waals surface area contributed by atoms with Gasteiger partial charge in [0.2, 0.25) is 0 Å². The molecule has 0 unspecified atom stereocenters. The zero-order chi connectivity index (χ0) is 12.3. The van der Waals surface area contributed by atoms with Crippen molar-refractivity contribution in [3.63, 3.8) is 0 Å². The summed E-state index contributed by atoms with van der Waals surface area (Å²) in [5, 5.41) is 17.5. The maximum atomic E-state index is 10.9. The molecule has 2 N–H and O–H groups in total. The van der Waals surface area contributed by atoms with Gasteiger partial charge in [-0.2, -0.15) is 0 Å². The zero-order valence-electron chi connectivity index (χ0n) is 9.90. The van der Waals surface area contributed by atoms with Crippen molar-refractivity contribution in [3.8, 4) is 0 Å². The van der Waals surface area contributed by atoms with E-state index in [4.69, 9.17) is 0 Å². The minimum Gasteiger partial charge on any atom is -0.377 e. The second-order valence-electron chi connectivity index (χ2n) is 4.45. The Morgan fingerprint density at radius 3 is 2.76 bits per heavy atom. The summed E-state index contributed by atoms with van der Waals surface area (Å²) in [6, 6.07) is 5.52. The molecular weight excluding hydrogens is 218 g/mol. The first-order chi connectivity index (χ1) is 8.16. The van der Waals surface area contributed by atoms with Gasteiger partial charge in [0.15, 0.2) is 0 Å². The number of nitrogens with zero attached hydrogens (tertiary/aromatic N) is 1. The molecule has 1 aliphatic rings. The maximum Gasteiger partial charge on any atom is 0.292 e. The van der Waals surface area contributed by atoms with E-state index in [0.29, 0.717) is 11.7 Å². The summed E-state index contributed by atoms with van der Waals surface area (Å²) in [5.41, 5.74) is 1.84. The number of aryl methyl sites for hydroxylation is 1. The Balaban J connectivity index is 2.17. The van der Waals surface area contributed by atoms with Crippen LogP contribution in [0.4, 0.5) is 11.4 Å². The van der Waals surface area contributed by atoms with Crippen LogP contribution in [0.25, 0.3) is 0 Å². The Morgan fingerprint density at radius 1 is 1.41 bits per heavy atom. The summed E-state index contributed by atoms with van der Waals surface area (Å²) >= 11 is 0. The van der Waals surface area contributed by atoms with Crippen LogP contribution in [-0.2, 0) is 0 Å². The molecule has 1 saturated heterocycles. The van der Waals surface area contributed by atoms with E-state index >= 15 is 0 Å². The molecule has 1 heterocycles. The molecule has 0 saturated carbocycles. The number of hydrogen-bond donors (Lipinski definition) is 2. The van der Waals surface area contributed by atoms with Crippen LogP contribution in [0, 0.1) is 17.0 Å². The average molecular weight is 235 g/mol. The van der Waals surface area contributed by atoms with E-state index in [9.17, 15) is 10.1 Å². The molecule has 5 nitrogen and oxygen atoms in total. The minimum atomic E-state index is -0.331. The van der Waals surface area contributed by atoms with E-state index in [1.165, 1.54) is 0 Å². The van der Waals surface area contributed by atoms with Gasteiger partial charge in [0.25, 0.3) is 5.69 Å². The SMILES string of the molecule is Cc1ccc([N+](=O)[O-])c(NC2CCNCC2)c1. The van der Waals surface area contributed by atoms with Gasteiger partial charge in [-0.05, 0) is 44.5 Å². The molecule has 1 fully saturated rings. The molecule has 92 valence electrons. The van der Waals surface area contributed by atoms with Crippen molar-refractivity contribution in [2.24, 2.45) is 0 Å². The molecule has 5 heteroatoms. The predicted octanol–water partition coefficient (Wildman–Crippen LogP) is 2.07. The molecular formula is C12H17N3O2. The number of nitro groups is 1. The van der Waals surface area contributed by atoms with Crippen LogP contribution in [0.15, 0.2) is 18.2 Å². The first kappa shape index (κ1) is 11.9. The minimum absolute atomic E-state index is 0.161. The van der Waals surface area contributed by atoms with Gasteiger partial charge >= 0.3 is 0 Å². The normalized spacial score (nSPS) is 16.8. The summed E-state index contributed by atoms with van der Waals surface area (Å²) in [7, 11) is 0. The highest BCUT2D eigenvalue weighted by molar-refractivity contribution is 5.63. The van der Waals surface area contributed by atoms with E-state index in [-0.39, 0.29) is 10.6 Å². The monoisotopic (exact) mass is 235 g/mol. The Hall–Kier alpha value is -1.62. The number of anilines is 1. The number of hydrogen-bond acceptors (Lipinski definition) is 4. The number of rotatable bonds is 3. The molecule has 1 aromatic carbocycles. The summed E-state index contributed by atoms with van der Waals surface area (Å²) < 4.78 is 0. The fourth-order valence-corrected chi connectivity index (χ4v) is 2.11. The molecule has 0 spiro atoms. The van der Waals surface area contributed by atoms with Crippen molar-refractivity contribution in [1.82, 2.24) is 5.32 Å². The number of benzene rings is 1. The third kappa shape index (κ3) is 2.94. The number of nitrogens with one attached hydrogen (secondary N) is 2. The number of nitro benzene ring substituents is 1. The second-order valence-corrected chi connectivity index (χ2v) is 4.45. The quantitative estimate of drug-likeness (QED) is 0.621. The van der Waals surface area contributed by atoms with Crippen LogP contribution in [-0.4, -0.2) is 24.1 Å². The number of piperidine rings is 1. The first-order valence-corrected chi connectivity index (χ1v) is 5.89. The summed E-state index contributed by atoms with van der Waals surface area (Å²) in [4.78, 5) is 10.6. The lowest BCUT2D eigenvalue weighted by molar-refractivity contribution is -0.384. The summed E-state index contributed by atoms with van der Waals surface area (Å²) in [5.74, 6) is 0. The summed E-state index contributed by atoms with van der Waals surface area (Å²) in [6.45, 7) is 3.88. The van der Waals surface area contributed by atoms with Crippen LogP contribution in [0.2, 0.25) is 0 Å². The molecule has 0 aromatic heterocycles. The fraction of sp³-hybridized carbons (Fsp3) is 0.500. The van der Waals surface area contributed by atoms with Gasteiger partial charge in [-0.1, -0.05) is 6.07 Å². The molecule has 0 amide bonds. The highest BCUT2D eigenvalue weighted by Gasteiger charge is 2.18. The molecule has 0 bridgehead atoms. The largest absolute Gasteiger partial charge is 0.377 e. The van der Waals surface area contributed by atoms with Crippen LogP contribution in [0.1, 0.15) is 18.4 Å². The van der Waals surface area contributed by atoms with E-state index in [2.05, 4.69) is 10.6 Å². The maximum absolute atomic E-state index is 10.9. The van der Waals surface area contributed by atoms with Crippen LogP contribution < -0.4 is 10.6 Å². The highest BCUT2D eigenvalue weighted by Crippen LogP contribution is 2.27. The molecule has 0 aliphatic carbocycles. The van der Waals surface area contributed by atoms with Crippen LogP contribution in [0.5, 0.6) is 0 Å². The van der Waals surface area contributed by atoms with E-state index in [0.717, 1.165) is 31.5 Å². The lowest BCUT2D eigenvalue weighted by Crippen LogP contribution is -2.35. The van der Waals surface area contributed by atoms with Crippen LogP contribution >= 0.6 is 0 Å². The Bertz CT molecular complexity index is 414. The van der Waals surface area contributed by atoms with Crippen molar-refractivity contribution in [1.29, 1.82) is 0 Å². The van der Waals surface area contributed by atoms with Crippen molar-refractivity contribution >= 4 is 11.4 Å². The Labute approximate surface area is 100 Å². The first-order valence-electron chi connectivity index (χ1n) is 5.89. The van der Waals surface area contributed by atoms with Crippen molar-refractivity contribution < 1.29 is 4.92 Å². The highest BCUT2D eigenvalue weighted by atomic mass is 16.6. The van der Waals surface area contributed by atoms with Gasteiger partial charge in [0.05, 0.1) is 4.92 Å². The van der Waals surface area contributed by atoms with Gasteiger partial charge in [-0.25, -0.2) is 0 Å². The molecule has 1 aromatic rings. The third-order valence-electron chi connectivity index (χ3n) is 3.05. The molecule has 0 atom stereocenters. The van der Waals surface area contributed by atoms with Crippen molar-refractivity contribution in [2.75, 3.05) is 18.4 Å². The fourth-order valence-electron chi connectivity index (χ4n) is 2.11. The standard InChI is InChI=1S/C12H17N3O2/c1-9-2-3-12(15(16)17)11(8-9)14-10-4-6-13-7-5-10/h2-3,8,10,13-14H,4-7H2,1H3. The smallest absolute Gasteiger partial charge is 0.292 e. The van der Waals surface area contributed by atoms with Gasteiger partial charge in [0, 0.05) is 12.1 Å². The van der Waals surface area contributed by atoms with E-state index < -0.39 is 0 Å². The topological polar surface area (TPSA) is 67.2 Å². The molecule has 17 heavy (non-hydrogen) atoms.